The third-order valence-corrected chi connectivity index (χ3v) is 4.83. The molecule has 0 amide bonds. The Hall–Kier alpha value is -0.980. The molecule has 102 valence electrons. The summed E-state index contributed by atoms with van der Waals surface area (Å²) in [6.45, 7) is 5.52. The van der Waals surface area contributed by atoms with Crippen molar-refractivity contribution >= 4 is 11.8 Å². The molecule has 3 heteroatoms. The van der Waals surface area contributed by atoms with E-state index < -0.39 is 0 Å². The molecule has 1 saturated heterocycles. The van der Waals surface area contributed by atoms with Crippen LogP contribution in [0.5, 0.6) is 0 Å². The molecule has 0 aliphatic carbocycles. The summed E-state index contributed by atoms with van der Waals surface area (Å²) >= 11 is 1.80. The summed E-state index contributed by atoms with van der Waals surface area (Å²) in [5.74, 6) is 0. The first-order chi connectivity index (χ1) is 9.15. The monoisotopic (exact) mass is 274 g/mol. The van der Waals surface area contributed by atoms with Crippen molar-refractivity contribution in [2.24, 2.45) is 5.41 Å². The second-order valence-electron chi connectivity index (χ2n) is 5.77. The highest BCUT2D eigenvalue weighted by atomic mass is 32.2. The highest BCUT2D eigenvalue weighted by molar-refractivity contribution is 7.98. The van der Waals surface area contributed by atoms with Crippen molar-refractivity contribution in [1.82, 2.24) is 4.90 Å². The maximum Gasteiger partial charge on any atom is 0.0627 e. The lowest BCUT2D eigenvalue weighted by atomic mass is 9.78. The van der Waals surface area contributed by atoms with E-state index in [4.69, 9.17) is 5.26 Å². The lowest BCUT2D eigenvalue weighted by Crippen LogP contribution is -2.38. The molecule has 2 rings (SSSR count). The lowest BCUT2D eigenvalue weighted by molar-refractivity contribution is 0.116. The van der Waals surface area contributed by atoms with Gasteiger partial charge in [0.25, 0.3) is 0 Å². The predicted octanol–water partition coefficient (Wildman–Crippen LogP) is 3.92. The summed E-state index contributed by atoms with van der Waals surface area (Å²) in [5.41, 5.74) is 1.64. The largest absolute Gasteiger partial charge is 0.299 e. The van der Waals surface area contributed by atoms with E-state index in [1.165, 1.54) is 10.5 Å². The predicted molar refractivity (Wildman–Crippen MR) is 81.1 cm³/mol. The van der Waals surface area contributed by atoms with Crippen LogP contribution in [0.4, 0.5) is 0 Å². The molecular weight excluding hydrogens is 252 g/mol. The van der Waals surface area contributed by atoms with Crippen LogP contribution < -0.4 is 0 Å². The zero-order chi connectivity index (χ0) is 13.7. The van der Waals surface area contributed by atoms with Crippen LogP contribution in [0, 0.1) is 16.7 Å². The van der Waals surface area contributed by atoms with Crippen molar-refractivity contribution < 1.29 is 0 Å². The van der Waals surface area contributed by atoms with E-state index in [0.717, 1.165) is 32.5 Å². The second-order valence-corrected chi connectivity index (χ2v) is 6.65. The summed E-state index contributed by atoms with van der Waals surface area (Å²) in [4.78, 5) is 3.85. The summed E-state index contributed by atoms with van der Waals surface area (Å²) in [5, 5.41) is 8.88. The van der Waals surface area contributed by atoms with E-state index >= 15 is 0 Å². The number of hydrogen-bond donors (Lipinski definition) is 0. The first-order valence-corrected chi connectivity index (χ1v) is 8.10. The van der Waals surface area contributed by atoms with Gasteiger partial charge in [-0.25, -0.2) is 0 Å². The Bertz CT molecular complexity index is 456. The number of nitrogens with zero attached hydrogens (tertiary/aromatic N) is 2. The number of nitriles is 1. The van der Waals surface area contributed by atoms with Gasteiger partial charge in [0, 0.05) is 17.9 Å². The highest BCUT2D eigenvalue weighted by Crippen LogP contribution is 2.34. The van der Waals surface area contributed by atoms with Crippen molar-refractivity contribution in [2.45, 2.75) is 37.6 Å². The third-order valence-electron chi connectivity index (χ3n) is 4.11. The first kappa shape index (κ1) is 14.4. The lowest BCUT2D eigenvalue weighted by Gasteiger charge is -2.38. The second kappa shape index (κ2) is 6.45. The summed E-state index contributed by atoms with van der Waals surface area (Å²) in [7, 11) is 0. The van der Waals surface area contributed by atoms with E-state index in [1.54, 1.807) is 11.8 Å². The third kappa shape index (κ3) is 3.99. The SMILES string of the molecule is CSc1cccc(CN2CCC(C)(CC#N)CC2)c1. The van der Waals surface area contributed by atoms with Crippen molar-refractivity contribution in [3.05, 3.63) is 29.8 Å². The van der Waals surface area contributed by atoms with E-state index in [9.17, 15) is 0 Å². The number of benzene rings is 1. The quantitative estimate of drug-likeness (QED) is 0.779. The van der Waals surface area contributed by atoms with Crippen molar-refractivity contribution in [3.8, 4) is 6.07 Å². The van der Waals surface area contributed by atoms with Gasteiger partial charge in [0.15, 0.2) is 0 Å². The topological polar surface area (TPSA) is 27.0 Å². The number of likely N-dealkylation sites (tertiary alicyclic amines) is 1. The Kier molecular flexibility index (Phi) is 4.90. The Morgan fingerprint density at radius 2 is 2.11 bits per heavy atom. The maximum absolute atomic E-state index is 8.88. The minimum atomic E-state index is 0.242. The Labute approximate surface area is 120 Å². The van der Waals surface area contributed by atoms with Crippen LogP contribution in [0.25, 0.3) is 0 Å². The van der Waals surface area contributed by atoms with Gasteiger partial charge >= 0.3 is 0 Å². The summed E-state index contributed by atoms with van der Waals surface area (Å²) < 4.78 is 0. The molecule has 0 saturated carbocycles. The zero-order valence-corrected chi connectivity index (χ0v) is 12.7. The fourth-order valence-corrected chi connectivity index (χ4v) is 3.13. The van der Waals surface area contributed by atoms with Gasteiger partial charge in [-0.2, -0.15) is 5.26 Å². The van der Waals surface area contributed by atoms with Gasteiger partial charge in [0.2, 0.25) is 0 Å². The number of thioether (sulfide) groups is 1. The minimum absolute atomic E-state index is 0.242. The molecule has 2 nitrogen and oxygen atoms in total. The molecule has 1 aliphatic rings. The van der Waals surface area contributed by atoms with Crippen molar-refractivity contribution in [3.63, 3.8) is 0 Å². The van der Waals surface area contributed by atoms with Crippen LogP contribution >= 0.6 is 11.8 Å². The standard InChI is InChI=1S/C16H22N2S/c1-16(6-9-17)7-10-18(11-8-16)13-14-4-3-5-15(12-14)19-2/h3-5,12H,6-8,10-11,13H2,1-2H3. The molecule has 0 bridgehead atoms. The molecular formula is C16H22N2S. The van der Waals surface area contributed by atoms with Crippen LogP contribution in [-0.2, 0) is 6.54 Å². The van der Waals surface area contributed by atoms with Crippen LogP contribution in [0.15, 0.2) is 29.2 Å². The molecule has 0 N–H and O–H groups in total. The average Bonchev–Trinajstić information content (AvgIpc) is 2.42. The molecule has 1 aromatic rings. The first-order valence-electron chi connectivity index (χ1n) is 6.87. The van der Waals surface area contributed by atoms with Crippen molar-refractivity contribution in [1.29, 1.82) is 5.26 Å². The van der Waals surface area contributed by atoms with Crippen LogP contribution in [-0.4, -0.2) is 24.2 Å². The van der Waals surface area contributed by atoms with Crippen LogP contribution in [0.3, 0.4) is 0 Å². The molecule has 19 heavy (non-hydrogen) atoms. The summed E-state index contributed by atoms with van der Waals surface area (Å²) in [6, 6.07) is 11.1. The molecule has 1 aromatic carbocycles. The molecule has 1 heterocycles. The van der Waals surface area contributed by atoms with Gasteiger partial charge in [-0.3, -0.25) is 4.90 Å². The Morgan fingerprint density at radius 1 is 1.37 bits per heavy atom. The van der Waals surface area contributed by atoms with E-state index in [1.807, 2.05) is 0 Å². The smallest absolute Gasteiger partial charge is 0.0627 e. The molecule has 0 radical (unpaired) electrons. The van der Waals surface area contributed by atoms with Crippen molar-refractivity contribution in [2.75, 3.05) is 19.3 Å². The van der Waals surface area contributed by atoms with Gasteiger partial charge in [0.05, 0.1) is 6.07 Å². The number of hydrogen-bond acceptors (Lipinski definition) is 3. The Balaban J connectivity index is 1.90. The van der Waals surface area contributed by atoms with Crippen LogP contribution in [0.2, 0.25) is 0 Å². The zero-order valence-electron chi connectivity index (χ0n) is 11.9. The molecule has 1 fully saturated rings. The fraction of sp³-hybridized carbons (Fsp3) is 0.562. The van der Waals surface area contributed by atoms with Gasteiger partial charge in [-0.05, 0) is 55.3 Å². The van der Waals surface area contributed by atoms with Crippen LogP contribution in [0.1, 0.15) is 31.7 Å². The van der Waals surface area contributed by atoms with Gasteiger partial charge < -0.3 is 0 Å². The van der Waals surface area contributed by atoms with E-state index in [0.29, 0.717) is 6.42 Å². The number of rotatable bonds is 4. The normalized spacial score (nSPS) is 19.0. The minimum Gasteiger partial charge on any atom is -0.299 e. The molecule has 0 aromatic heterocycles. The molecule has 0 spiro atoms. The van der Waals surface area contributed by atoms with Gasteiger partial charge in [-0.1, -0.05) is 19.1 Å². The fourth-order valence-electron chi connectivity index (χ4n) is 2.65. The molecule has 0 atom stereocenters. The Morgan fingerprint density at radius 3 is 2.74 bits per heavy atom. The van der Waals surface area contributed by atoms with Gasteiger partial charge in [0.1, 0.15) is 0 Å². The van der Waals surface area contributed by atoms with Gasteiger partial charge in [-0.15, -0.1) is 11.8 Å². The maximum atomic E-state index is 8.88. The number of piperidine rings is 1. The summed E-state index contributed by atoms with van der Waals surface area (Å²) in [6.07, 6.45) is 5.10. The van der Waals surface area contributed by atoms with E-state index in [-0.39, 0.29) is 5.41 Å². The molecule has 1 aliphatic heterocycles. The van der Waals surface area contributed by atoms with E-state index in [2.05, 4.69) is 48.4 Å². The highest BCUT2D eigenvalue weighted by Gasteiger charge is 2.29. The average molecular weight is 274 g/mol. The molecule has 0 unspecified atom stereocenters.